The Balaban J connectivity index is 1.51. The highest BCUT2D eigenvalue weighted by Gasteiger charge is 2.29. The minimum Gasteiger partial charge on any atom is -0.479 e. The Morgan fingerprint density at radius 3 is 2.82 bits per heavy atom. The van der Waals surface area contributed by atoms with E-state index in [1.54, 1.807) is 22.8 Å². The second-order valence-corrected chi connectivity index (χ2v) is 8.81. The first-order valence-electron chi connectivity index (χ1n) is 11.0. The molecule has 0 aliphatic carbocycles. The Kier molecular flexibility index (Phi) is 5.54. The number of hydrogen-bond acceptors (Lipinski definition) is 7. The van der Waals surface area contributed by atoms with Crippen LogP contribution >= 0.6 is 0 Å². The van der Waals surface area contributed by atoms with Crippen molar-refractivity contribution < 1.29 is 17.9 Å². The molecule has 180 valence electrons. The van der Waals surface area contributed by atoms with Gasteiger partial charge >= 0.3 is 0 Å². The Morgan fingerprint density at radius 1 is 1.26 bits per heavy atom. The van der Waals surface area contributed by atoms with Gasteiger partial charge in [-0.2, -0.15) is 4.98 Å². The van der Waals surface area contributed by atoms with Gasteiger partial charge < -0.3 is 15.0 Å². The number of piperidine rings is 1. The highest BCUT2D eigenvalue weighted by Crippen LogP contribution is 2.33. The van der Waals surface area contributed by atoms with Crippen LogP contribution in [-0.2, 0) is 6.54 Å². The highest BCUT2D eigenvalue weighted by atomic mass is 19.3. The quantitative estimate of drug-likeness (QED) is 0.459. The van der Waals surface area contributed by atoms with Gasteiger partial charge in [-0.05, 0) is 37.2 Å². The zero-order valence-electron chi connectivity index (χ0n) is 19.0. The van der Waals surface area contributed by atoms with Gasteiger partial charge in [-0.1, -0.05) is 11.3 Å². The molecular formula is C22H25F3N8O. The number of rotatable bonds is 6. The molecule has 0 saturated carbocycles. The molecule has 1 N–H and O–H groups in total. The van der Waals surface area contributed by atoms with Crippen LogP contribution in [0.1, 0.15) is 13.3 Å². The maximum atomic E-state index is 14.5. The van der Waals surface area contributed by atoms with E-state index in [0.29, 0.717) is 35.4 Å². The number of halogens is 3. The molecule has 9 nitrogen and oxygen atoms in total. The molecular weight excluding hydrogens is 449 g/mol. The smallest absolute Gasteiger partial charge is 0.264 e. The fourth-order valence-electron chi connectivity index (χ4n) is 4.33. The third-order valence-electron chi connectivity index (χ3n) is 5.98. The molecule has 5 rings (SSSR count). The molecule has 1 fully saturated rings. The van der Waals surface area contributed by atoms with Gasteiger partial charge in [-0.15, -0.1) is 10.2 Å². The van der Waals surface area contributed by atoms with Crippen molar-refractivity contribution in [3.63, 3.8) is 0 Å². The predicted octanol–water partition coefficient (Wildman–Crippen LogP) is 3.26. The molecule has 1 saturated heterocycles. The molecule has 1 aromatic carbocycles. The summed E-state index contributed by atoms with van der Waals surface area (Å²) in [5.41, 5.74) is 3.12. The Morgan fingerprint density at radius 2 is 2.09 bits per heavy atom. The first-order chi connectivity index (χ1) is 16.2. The molecule has 4 aromatic rings. The lowest BCUT2D eigenvalue weighted by Crippen LogP contribution is -2.46. The maximum Gasteiger partial charge on any atom is 0.264 e. The van der Waals surface area contributed by atoms with Crippen molar-refractivity contribution in [3.05, 3.63) is 30.5 Å². The van der Waals surface area contributed by atoms with Crippen LogP contribution in [0.15, 0.2) is 30.5 Å². The molecule has 34 heavy (non-hydrogen) atoms. The molecule has 4 heterocycles. The number of aromatic nitrogens is 6. The van der Waals surface area contributed by atoms with Crippen LogP contribution in [0.5, 0.6) is 5.88 Å². The van der Waals surface area contributed by atoms with Crippen LogP contribution in [0.3, 0.4) is 0 Å². The van der Waals surface area contributed by atoms with Crippen LogP contribution in [0.25, 0.3) is 27.7 Å². The summed E-state index contributed by atoms with van der Waals surface area (Å²) in [7, 11) is 3.39. The Labute approximate surface area is 193 Å². The monoisotopic (exact) mass is 474 g/mol. The number of benzene rings is 1. The van der Waals surface area contributed by atoms with E-state index in [1.807, 2.05) is 24.1 Å². The number of methoxy groups -OCH3 is 1. The lowest BCUT2D eigenvalue weighted by molar-refractivity contribution is 0.00130. The lowest BCUT2D eigenvalue weighted by Gasteiger charge is -2.32. The van der Waals surface area contributed by atoms with Gasteiger partial charge in [0.05, 0.1) is 18.7 Å². The van der Waals surface area contributed by atoms with E-state index in [1.165, 1.54) is 11.8 Å². The first kappa shape index (κ1) is 22.4. The van der Waals surface area contributed by atoms with Crippen molar-refractivity contribution in [1.82, 2.24) is 34.5 Å². The van der Waals surface area contributed by atoms with E-state index in [4.69, 9.17) is 4.74 Å². The van der Waals surface area contributed by atoms with E-state index < -0.39 is 18.6 Å². The van der Waals surface area contributed by atoms with Crippen molar-refractivity contribution in [1.29, 1.82) is 0 Å². The number of ether oxygens (including phenoxy) is 1. The van der Waals surface area contributed by atoms with Gasteiger partial charge in [-0.25, -0.2) is 22.4 Å². The van der Waals surface area contributed by atoms with Gasteiger partial charge in [-0.3, -0.25) is 0 Å². The summed E-state index contributed by atoms with van der Waals surface area (Å²) in [5.74, 6) is -2.34. The highest BCUT2D eigenvalue weighted by molar-refractivity contribution is 5.89. The minimum atomic E-state index is -2.92. The number of fused-ring (bicyclic) bond motifs is 2. The topological polar surface area (TPSA) is 85.4 Å². The summed E-state index contributed by atoms with van der Waals surface area (Å²) in [6, 6.07) is 6.77. The third-order valence-corrected chi connectivity index (χ3v) is 5.98. The minimum absolute atomic E-state index is 0.270. The zero-order valence-corrected chi connectivity index (χ0v) is 19.0. The molecule has 2 atom stereocenters. The summed E-state index contributed by atoms with van der Waals surface area (Å²) >= 11 is 0. The van der Waals surface area contributed by atoms with Gasteiger partial charge in [0, 0.05) is 31.8 Å². The average molecular weight is 474 g/mol. The first-order valence-corrected chi connectivity index (χ1v) is 11.0. The average Bonchev–Trinajstić information content (AvgIpc) is 3.38. The number of nitrogens with one attached hydrogen (secondary N) is 1. The maximum absolute atomic E-state index is 14.5. The zero-order chi connectivity index (χ0) is 24.0. The van der Waals surface area contributed by atoms with Crippen LogP contribution < -0.4 is 10.1 Å². The van der Waals surface area contributed by atoms with Gasteiger partial charge in [0.25, 0.3) is 5.92 Å². The predicted molar refractivity (Wildman–Crippen MR) is 121 cm³/mol. The molecule has 12 heteroatoms. The number of nitrogens with zero attached hydrogens (tertiary/aromatic N) is 7. The SMILES string of the molecule is COc1nc(N[C@@H]2CCN(C)C[C@@H]2F)nn2ccc(-c3ccc4nnn(CC(C)(F)F)c4c3)c12. The molecule has 0 spiro atoms. The van der Waals surface area contributed by atoms with Gasteiger partial charge in [0.1, 0.15) is 23.7 Å². The number of anilines is 1. The van der Waals surface area contributed by atoms with Gasteiger partial charge in [0.15, 0.2) is 0 Å². The Bertz CT molecular complexity index is 1330. The standard InChI is InChI=1S/C22H25F3N8O/c1-22(24,25)12-33-18-10-13(4-5-17(18)28-30-33)14-6-9-32-19(14)20(34-3)27-21(29-32)26-16-7-8-31(2)11-15(16)23/h4-6,9-10,15-16H,7-8,11-12H2,1-3H3,(H,26,29)/t15-,16+/m0/s1. The summed E-state index contributed by atoms with van der Waals surface area (Å²) < 4.78 is 50.0. The van der Waals surface area contributed by atoms with Crippen molar-refractivity contribution >= 4 is 22.5 Å². The van der Waals surface area contributed by atoms with E-state index >= 15 is 0 Å². The van der Waals surface area contributed by atoms with E-state index in [2.05, 4.69) is 25.7 Å². The molecule has 0 amide bonds. The van der Waals surface area contributed by atoms with Crippen LogP contribution in [0.2, 0.25) is 0 Å². The number of likely N-dealkylation sites (tertiary alicyclic amines) is 1. The molecule has 0 radical (unpaired) electrons. The van der Waals surface area contributed by atoms with Crippen molar-refractivity contribution in [2.24, 2.45) is 0 Å². The second-order valence-electron chi connectivity index (χ2n) is 8.81. The normalized spacial score (nSPS) is 19.7. The Hall–Kier alpha value is -3.41. The van der Waals surface area contributed by atoms with Crippen molar-refractivity contribution in [2.75, 3.05) is 32.6 Å². The van der Waals surface area contributed by atoms with E-state index in [9.17, 15) is 13.2 Å². The second kappa shape index (κ2) is 8.42. The van der Waals surface area contributed by atoms with Crippen LogP contribution in [-0.4, -0.2) is 79.9 Å². The van der Waals surface area contributed by atoms with Crippen LogP contribution in [0.4, 0.5) is 19.1 Å². The fourth-order valence-corrected chi connectivity index (χ4v) is 4.33. The number of hydrogen-bond donors (Lipinski definition) is 1. The fraction of sp³-hybridized carbons (Fsp3) is 0.455. The molecule has 0 unspecified atom stereocenters. The summed E-state index contributed by atoms with van der Waals surface area (Å²) in [6.45, 7) is 1.40. The van der Waals surface area contributed by atoms with Crippen LogP contribution in [0, 0.1) is 0 Å². The molecule has 1 aliphatic rings. The van der Waals surface area contributed by atoms with Gasteiger partial charge in [0.2, 0.25) is 11.8 Å². The largest absolute Gasteiger partial charge is 0.479 e. The summed E-state index contributed by atoms with van der Waals surface area (Å²) in [5, 5.41) is 15.5. The summed E-state index contributed by atoms with van der Waals surface area (Å²) in [6.07, 6.45) is 1.35. The van der Waals surface area contributed by atoms with Crippen molar-refractivity contribution in [2.45, 2.75) is 38.0 Å². The summed E-state index contributed by atoms with van der Waals surface area (Å²) in [4.78, 5) is 6.42. The number of alkyl halides is 3. The molecule has 0 bridgehead atoms. The third kappa shape index (κ3) is 4.25. The van der Waals surface area contributed by atoms with Crippen molar-refractivity contribution in [3.8, 4) is 17.0 Å². The molecule has 1 aliphatic heterocycles. The van der Waals surface area contributed by atoms with E-state index in [-0.39, 0.29) is 12.0 Å². The molecule has 3 aromatic heterocycles. The van der Waals surface area contributed by atoms with E-state index in [0.717, 1.165) is 24.6 Å². The lowest BCUT2D eigenvalue weighted by atomic mass is 10.0.